The van der Waals surface area contributed by atoms with Gasteiger partial charge in [0.1, 0.15) is 5.82 Å². The molecule has 0 bridgehead atoms. The fourth-order valence-corrected chi connectivity index (χ4v) is 5.02. The zero-order chi connectivity index (χ0) is 23.0. The molecular weight excluding hydrogens is 424 g/mol. The number of anilines is 1. The van der Waals surface area contributed by atoms with E-state index in [0.717, 1.165) is 22.5 Å². The van der Waals surface area contributed by atoms with Crippen LogP contribution in [0.15, 0.2) is 65.6 Å². The Morgan fingerprint density at radius 2 is 1.69 bits per heavy atom. The summed E-state index contributed by atoms with van der Waals surface area (Å²) < 4.78 is 30.5. The van der Waals surface area contributed by atoms with Gasteiger partial charge in [0.15, 0.2) is 0 Å². The van der Waals surface area contributed by atoms with Crippen molar-refractivity contribution in [1.29, 1.82) is 0 Å². The molecule has 7 nitrogen and oxygen atoms in total. The van der Waals surface area contributed by atoms with Crippen molar-refractivity contribution in [3.63, 3.8) is 0 Å². The summed E-state index contributed by atoms with van der Waals surface area (Å²) in [5, 5.41) is 2.60. The van der Waals surface area contributed by atoms with Crippen LogP contribution >= 0.6 is 0 Å². The Morgan fingerprint density at radius 3 is 2.38 bits per heavy atom. The molecule has 0 fully saturated rings. The van der Waals surface area contributed by atoms with Gasteiger partial charge in [0.25, 0.3) is 15.9 Å². The standard InChI is InChI=1S/C24H24N4O3S/c1-15-5-6-16(2)22(13-15)32(30,31)27-19-11-12-21-20(14-19)26-23(28(21)4)17-7-9-18(10-8-17)24(29)25-3/h5-14,27H,1-4H3,(H,25,29). The molecule has 8 heteroatoms. The van der Waals surface area contributed by atoms with Gasteiger partial charge in [-0.2, -0.15) is 0 Å². The van der Waals surface area contributed by atoms with Crippen LogP contribution in [0.1, 0.15) is 21.5 Å². The Hall–Kier alpha value is -3.65. The van der Waals surface area contributed by atoms with Crippen LogP contribution in [0.2, 0.25) is 0 Å². The van der Waals surface area contributed by atoms with Crippen LogP contribution in [-0.4, -0.2) is 30.9 Å². The number of hydrogen-bond donors (Lipinski definition) is 2. The molecule has 2 N–H and O–H groups in total. The highest BCUT2D eigenvalue weighted by Gasteiger charge is 2.18. The molecule has 0 radical (unpaired) electrons. The Morgan fingerprint density at radius 1 is 0.969 bits per heavy atom. The molecule has 3 aromatic carbocycles. The van der Waals surface area contributed by atoms with Crippen molar-refractivity contribution in [3.05, 3.63) is 77.4 Å². The summed E-state index contributed by atoms with van der Waals surface area (Å²) in [4.78, 5) is 16.7. The first kappa shape index (κ1) is 21.6. The number of nitrogens with zero attached hydrogens (tertiary/aromatic N) is 2. The zero-order valence-electron chi connectivity index (χ0n) is 18.3. The first-order valence-corrected chi connectivity index (χ1v) is 11.6. The van der Waals surface area contributed by atoms with E-state index in [1.165, 1.54) is 0 Å². The van der Waals surface area contributed by atoms with Gasteiger partial charge in [0.05, 0.1) is 21.6 Å². The van der Waals surface area contributed by atoms with Crippen LogP contribution in [0.3, 0.4) is 0 Å². The average Bonchev–Trinajstić information content (AvgIpc) is 3.10. The fourth-order valence-electron chi connectivity index (χ4n) is 3.64. The average molecular weight is 449 g/mol. The third-order valence-electron chi connectivity index (χ3n) is 5.40. The Balaban J connectivity index is 1.68. The molecule has 1 heterocycles. The summed E-state index contributed by atoms with van der Waals surface area (Å²) in [5.41, 5.74) is 4.96. The van der Waals surface area contributed by atoms with Gasteiger partial charge in [-0.3, -0.25) is 9.52 Å². The maximum Gasteiger partial charge on any atom is 0.262 e. The maximum absolute atomic E-state index is 12.9. The van der Waals surface area contributed by atoms with E-state index in [4.69, 9.17) is 4.98 Å². The van der Waals surface area contributed by atoms with E-state index in [1.54, 1.807) is 50.4 Å². The molecule has 1 amide bonds. The van der Waals surface area contributed by atoms with E-state index < -0.39 is 10.0 Å². The number of sulfonamides is 1. The minimum absolute atomic E-state index is 0.151. The van der Waals surface area contributed by atoms with E-state index in [-0.39, 0.29) is 10.8 Å². The minimum atomic E-state index is -3.73. The number of imidazole rings is 1. The molecule has 0 aliphatic carbocycles. The molecule has 0 spiro atoms. The number of carbonyl (C=O) groups is 1. The topological polar surface area (TPSA) is 93.1 Å². The molecule has 0 atom stereocenters. The van der Waals surface area contributed by atoms with Crippen molar-refractivity contribution >= 4 is 32.7 Å². The number of nitrogens with one attached hydrogen (secondary N) is 2. The smallest absolute Gasteiger partial charge is 0.262 e. The van der Waals surface area contributed by atoms with Gasteiger partial charge in [-0.15, -0.1) is 0 Å². The predicted octanol–water partition coefficient (Wildman–Crippen LogP) is 4.02. The number of benzene rings is 3. The maximum atomic E-state index is 12.9. The third-order valence-corrected chi connectivity index (χ3v) is 6.92. The molecule has 0 aliphatic rings. The highest BCUT2D eigenvalue weighted by molar-refractivity contribution is 7.92. The number of rotatable bonds is 5. The molecule has 0 aliphatic heterocycles. The summed E-state index contributed by atoms with van der Waals surface area (Å²) in [6.45, 7) is 3.64. The predicted molar refractivity (Wildman–Crippen MR) is 126 cm³/mol. The lowest BCUT2D eigenvalue weighted by atomic mass is 10.1. The molecule has 1 aromatic heterocycles. The molecular formula is C24H24N4O3S. The van der Waals surface area contributed by atoms with Crippen LogP contribution < -0.4 is 10.0 Å². The summed E-state index contributed by atoms with van der Waals surface area (Å²) in [5.74, 6) is 0.570. The molecule has 0 saturated carbocycles. The monoisotopic (exact) mass is 448 g/mol. The Kier molecular flexibility index (Phi) is 5.48. The van der Waals surface area contributed by atoms with Crippen molar-refractivity contribution in [1.82, 2.24) is 14.9 Å². The first-order chi connectivity index (χ1) is 15.2. The molecule has 0 unspecified atom stereocenters. The van der Waals surface area contributed by atoms with Crippen LogP contribution in [0.5, 0.6) is 0 Å². The number of aryl methyl sites for hydroxylation is 3. The van der Waals surface area contributed by atoms with Crippen molar-refractivity contribution < 1.29 is 13.2 Å². The first-order valence-electron chi connectivity index (χ1n) is 10.1. The van der Waals surface area contributed by atoms with E-state index in [0.29, 0.717) is 22.3 Å². The van der Waals surface area contributed by atoms with Gasteiger partial charge < -0.3 is 9.88 Å². The van der Waals surface area contributed by atoms with Gasteiger partial charge in [-0.1, -0.05) is 24.3 Å². The molecule has 164 valence electrons. The van der Waals surface area contributed by atoms with Gasteiger partial charge in [0.2, 0.25) is 0 Å². The van der Waals surface area contributed by atoms with Gasteiger partial charge in [-0.25, -0.2) is 13.4 Å². The number of aromatic nitrogens is 2. The second-order valence-corrected chi connectivity index (χ2v) is 9.38. The minimum Gasteiger partial charge on any atom is -0.355 e. The zero-order valence-corrected chi connectivity index (χ0v) is 19.1. The van der Waals surface area contributed by atoms with Gasteiger partial charge >= 0.3 is 0 Å². The van der Waals surface area contributed by atoms with E-state index in [1.807, 2.05) is 42.8 Å². The molecule has 0 saturated heterocycles. The molecule has 4 rings (SSSR count). The summed E-state index contributed by atoms with van der Waals surface area (Å²) in [7, 11) is -0.237. The van der Waals surface area contributed by atoms with Gasteiger partial charge in [0, 0.05) is 25.2 Å². The summed E-state index contributed by atoms with van der Waals surface area (Å²) in [6.07, 6.45) is 0. The van der Waals surface area contributed by atoms with E-state index in [2.05, 4.69) is 10.0 Å². The second-order valence-electron chi connectivity index (χ2n) is 7.73. The molecule has 4 aromatic rings. The quantitative estimate of drug-likeness (QED) is 0.482. The number of fused-ring (bicyclic) bond motifs is 1. The van der Waals surface area contributed by atoms with Crippen LogP contribution in [-0.2, 0) is 17.1 Å². The van der Waals surface area contributed by atoms with Crippen LogP contribution in [0.25, 0.3) is 22.4 Å². The largest absolute Gasteiger partial charge is 0.355 e. The summed E-state index contributed by atoms with van der Waals surface area (Å²) >= 11 is 0. The normalized spacial score (nSPS) is 11.5. The lowest BCUT2D eigenvalue weighted by Gasteiger charge is -2.11. The highest BCUT2D eigenvalue weighted by Crippen LogP contribution is 2.27. The summed E-state index contributed by atoms with van der Waals surface area (Å²) in [6, 6.07) is 17.8. The number of carbonyl (C=O) groups excluding carboxylic acids is 1. The van der Waals surface area contributed by atoms with Crippen molar-refractivity contribution in [2.75, 3.05) is 11.8 Å². The Labute approximate surface area is 187 Å². The van der Waals surface area contributed by atoms with Crippen molar-refractivity contribution in [2.24, 2.45) is 7.05 Å². The Bertz CT molecular complexity index is 1440. The number of amides is 1. The van der Waals surface area contributed by atoms with Gasteiger partial charge in [-0.05, 0) is 61.4 Å². The van der Waals surface area contributed by atoms with E-state index >= 15 is 0 Å². The van der Waals surface area contributed by atoms with E-state index in [9.17, 15) is 13.2 Å². The van der Waals surface area contributed by atoms with Crippen molar-refractivity contribution in [2.45, 2.75) is 18.7 Å². The molecule has 32 heavy (non-hydrogen) atoms. The van der Waals surface area contributed by atoms with Crippen LogP contribution in [0, 0.1) is 13.8 Å². The fraction of sp³-hybridized carbons (Fsp3) is 0.167. The van der Waals surface area contributed by atoms with Crippen molar-refractivity contribution in [3.8, 4) is 11.4 Å². The SMILES string of the molecule is CNC(=O)c1ccc(-c2nc3cc(NS(=O)(=O)c4cc(C)ccc4C)ccc3n2C)cc1. The number of hydrogen-bond acceptors (Lipinski definition) is 4. The highest BCUT2D eigenvalue weighted by atomic mass is 32.2. The third kappa shape index (κ3) is 3.97. The lowest BCUT2D eigenvalue weighted by molar-refractivity contribution is 0.0963. The second kappa shape index (κ2) is 8.12. The lowest BCUT2D eigenvalue weighted by Crippen LogP contribution is -2.17. The van der Waals surface area contributed by atoms with Crippen LogP contribution in [0.4, 0.5) is 5.69 Å².